The van der Waals surface area contributed by atoms with Crippen molar-refractivity contribution in [2.24, 2.45) is 0 Å². The lowest BCUT2D eigenvalue weighted by Crippen LogP contribution is -2.10. The molecule has 0 saturated heterocycles. The van der Waals surface area contributed by atoms with Crippen molar-refractivity contribution in [3.63, 3.8) is 0 Å². The number of benzene rings is 1. The predicted octanol–water partition coefficient (Wildman–Crippen LogP) is 1.64. The zero-order chi connectivity index (χ0) is 9.68. The highest BCUT2D eigenvalue weighted by Crippen LogP contribution is 2.09. The monoisotopic (exact) mass is 175 g/mol. The maximum absolute atomic E-state index is 8.37. The minimum Gasteiger partial charge on any atom is -0.305 e. The Labute approximate surface area is 78.6 Å². The Morgan fingerprint density at radius 3 is 2.38 bits per heavy atom. The number of nitrogens with zero attached hydrogens (tertiary/aromatic N) is 2. The van der Waals surface area contributed by atoms with Gasteiger partial charge in [-0.25, -0.2) is 0 Å². The molecule has 1 rings (SSSR count). The molecule has 0 amide bonds. The van der Waals surface area contributed by atoms with Gasteiger partial charge in [0.25, 0.3) is 0 Å². The quantitative estimate of drug-likeness (QED) is 0.560. The first-order valence-corrected chi connectivity index (χ1v) is 4.11. The molecular weight excluding hydrogens is 162 g/mol. The largest absolute Gasteiger partial charge is 0.305 e. The molecule has 3 nitrogen and oxygen atoms in total. The first kappa shape index (κ1) is 9.56. The van der Waals surface area contributed by atoms with Crippen molar-refractivity contribution in [2.45, 2.75) is 6.54 Å². The van der Waals surface area contributed by atoms with Gasteiger partial charge in [-0.1, -0.05) is 12.1 Å². The number of hydrogen-bond donors (Lipinski definition) is 1. The van der Waals surface area contributed by atoms with Gasteiger partial charge in [-0.15, -0.1) is 0 Å². The van der Waals surface area contributed by atoms with Crippen molar-refractivity contribution in [1.29, 1.82) is 5.26 Å². The lowest BCUT2D eigenvalue weighted by molar-refractivity contribution is 0.402. The standard InChI is InChI=1S/C10H13N3/c1-13(2)7-9-3-5-10(6-4-9)12-8-11/h3-6,12H,7H2,1-2H3. The van der Waals surface area contributed by atoms with Crippen molar-refractivity contribution in [2.75, 3.05) is 19.4 Å². The summed E-state index contributed by atoms with van der Waals surface area (Å²) >= 11 is 0. The molecule has 3 heteroatoms. The molecule has 0 aliphatic rings. The fourth-order valence-electron chi connectivity index (χ4n) is 1.12. The van der Waals surface area contributed by atoms with E-state index in [4.69, 9.17) is 5.26 Å². The molecule has 0 aliphatic carbocycles. The van der Waals surface area contributed by atoms with Gasteiger partial charge in [-0.2, -0.15) is 5.26 Å². The summed E-state index contributed by atoms with van der Waals surface area (Å²) < 4.78 is 0. The molecule has 0 radical (unpaired) electrons. The molecule has 13 heavy (non-hydrogen) atoms. The fraction of sp³-hybridized carbons (Fsp3) is 0.300. The van der Waals surface area contributed by atoms with Gasteiger partial charge in [0.1, 0.15) is 0 Å². The number of hydrogen-bond acceptors (Lipinski definition) is 3. The van der Waals surface area contributed by atoms with Gasteiger partial charge in [0, 0.05) is 12.2 Å². The summed E-state index contributed by atoms with van der Waals surface area (Å²) in [5.74, 6) is 0. The Hall–Kier alpha value is -1.53. The molecular formula is C10H13N3. The van der Waals surface area contributed by atoms with Gasteiger partial charge >= 0.3 is 0 Å². The van der Waals surface area contributed by atoms with Gasteiger partial charge in [-0.3, -0.25) is 5.32 Å². The predicted molar refractivity (Wildman–Crippen MR) is 53.1 cm³/mol. The maximum atomic E-state index is 8.37. The van der Waals surface area contributed by atoms with Gasteiger partial charge in [0.05, 0.1) is 0 Å². The fourth-order valence-corrected chi connectivity index (χ4v) is 1.12. The van der Waals surface area contributed by atoms with Crippen LogP contribution in [0.25, 0.3) is 0 Å². The van der Waals surface area contributed by atoms with E-state index in [-0.39, 0.29) is 0 Å². The molecule has 0 aliphatic heterocycles. The highest BCUT2D eigenvalue weighted by Gasteiger charge is 1.94. The van der Waals surface area contributed by atoms with Gasteiger partial charge in [0.2, 0.25) is 0 Å². The van der Waals surface area contributed by atoms with Gasteiger partial charge < -0.3 is 4.90 Å². The third-order valence-corrected chi connectivity index (χ3v) is 1.65. The van der Waals surface area contributed by atoms with E-state index in [0.29, 0.717) is 0 Å². The van der Waals surface area contributed by atoms with E-state index in [0.717, 1.165) is 12.2 Å². The van der Waals surface area contributed by atoms with Crippen LogP contribution >= 0.6 is 0 Å². The van der Waals surface area contributed by atoms with Crippen LogP contribution in [0.4, 0.5) is 5.69 Å². The van der Waals surface area contributed by atoms with Crippen LogP contribution in [-0.4, -0.2) is 19.0 Å². The van der Waals surface area contributed by atoms with E-state index in [2.05, 4.69) is 10.2 Å². The van der Waals surface area contributed by atoms with E-state index in [1.54, 1.807) is 0 Å². The molecule has 0 heterocycles. The second-order valence-electron chi connectivity index (χ2n) is 3.17. The van der Waals surface area contributed by atoms with Crippen LogP contribution in [0.5, 0.6) is 0 Å². The zero-order valence-corrected chi connectivity index (χ0v) is 7.91. The van der Waals surface area contributed by atoms with Gasteiger partial charge in [-0.05, 0) is 31.8 Å². The van der Waals surface area contributed by atoms with E-state index >= 15 is 0 Å². The molecule has 1 aromatic carbocycles. The molecule has 0 bridgehead atoms. The summed E-state index contributed by atoms with van der Waals surface area (Å²) in [7, 11) is 4.06. The molecule has 1 N–H and O–H groups in total. The summed E-state index contributed by atoms with van der Waals surface area (Å²) in [5.41, 5.74) is 2.08. The number of nitriles is 1. The highest BCUT2D eigenvalue weighted by molar-refractivity contribution is 5.47. The molecule has 0 atom stereocenters. The van der Waals surface area contributed by atoms with Crippen LogP contribution in [0.2, 0.25) is 0 Å². The van der Waals surface area contributed by atoms with E-state index in [9.17, 15) is 0 Å². The first-order valence-electron chi connectivity index (χ1n) is 4.11. The minimum absolute atomic E-state index is 0.838. The topological polar surface area (TPSA) is 39.1 Å². The SMILES string of the molecule is CN(C)Cc1ccc(NC#N)cc1. The lowest BCUT2D eigenvalue weighted by Gasteiger charge is -2.09. The van der Waals surface area contributed by atoms with E-state index in [1.165, 1.54) is 5.56 Å². The number of rotatable bonds is 3. The van der Waals surface area contributed by atoms with Crippen molar-refractivity contribution in [3.8, 4) is 6.19 Å². The third kappa shape index (κ3) is 3.14. The van der Waals surface area contributed by atoms with Crippen LogP contribution < -0.4 is 5.32 Å². The normalized spacial score (nSPS) is 9.69. The number of nitrogens with one attached hydrogen (secondary N) is 1. The van der Waals surface area contributed by atoms with E-state index in [1.807, 2.05) is 44.6 Å². The van der Waals surface area contributed by atoms with E-state index < -0.39 is 0 Å². The molecule has 68 valence electrons. The first-order chi connectivity index (χ1) is 6.22. The Balaban J connectivity index is 2.65. The molecule has 0 aromatic heterocycles. The Bertz CT molecular complexity index is 295. The second-order valence-corrected chi connectivity index (χ2v) is 3.17. The Morgan fingerprint density at radius 2 is 1.92 bits per heavy atom. The summed E-state index contributed by atoms with van der Waals surface area (Å²) in [6.07, 6.45) is 1.88. The Kier molecular flexibility index (Phi) is 3.30. The second kappa shape index (κ2) is 4.48. The summed E-state index contributed by atoms with van der Waals surface area (Å²) in [5, 5.41) is 10.9. The lowest BCUT2D eigenvalue weighted by atomic mass is 10.2. The van der Waals surface area contributed by atoms with Crippen LogP contribution in [0, 0.1) is 11.5 Å². The average molecular weight is 175 g/mol. The van der Waals surface area contributed by atoms with Crippen LogP contribution in [0.3, 0.4) is 0 Å². The smallest absolute Gasteiger partial charge is 0.181 e. The minimum atomic E-state index is 0.838. The van der Waals surface area contributed by atoms with Crippen LogP contribution in [0.15, 0.2) is 24.3 Å². The van der Waals surface area contributed by atoms with Crippen molar-refractivity contribution in [3.05, 3.63) is 29.8 Å². The van der Waals surface area contributed by atoms with Crippen molar-refractivity contribution < 1.29 is 0 Å². The molecule has 0 unspecified atom stereocenters. The van der Waals surface area contributed by atoms with Crippen LogP contribution in [0.1, 0.15) is 5.56 Å². The molecule has 0 saturated carbocycles. The molecule has 0 fully saturated rings. The maximum Gasteiger partial charge on any atom is 0.181 e. The van der Waals surface area contributed by atoms with Crippen LogP contribution in [-0.2, 0) is 6.54 Å². The molecule has 0 spiro atoms. The highest BCUT2D eigenvalue weighted by atomic mass is 15.0. The number of anilines is 1. The average Bonchev–Trinajstić information content (AvgIpc) is 2.08. The zero-order valence-electron chi connectivity index (χ0n) is 7.91. The third-order valence-electron chi connectivity index (χ3n) is 1.65. The van der Waals surface area contributed by atoms with Crippen molar-refractivity contribution >= 4 is 5.69 Å². The summed E-state index contributed by atoms with van der Waals surface area (Å²) in [4.78, 5) is 2.10. The molecule has 1 aromatic rings. The summed E-state index contributed by atoms with van der Waals surface area (Å²) in [6.45, 7) is 0.923. The Morgan fingerprint density at radius 1 is 1.31 bits per heavy atom. The van der Waals surface area contributed by atoms with Gasteiger partial charge in [0.15, 0.2) is 6.19 Å². The summed E-state index contributed by atoms with van der Waals surface area (Å²) in [6, 6.07) is 7.84. The van der Waals surface area contributed by atoms with Crippen molar-refractivity contribution in [1.82, 2.24) is 4.90 Å².